The number of nitrogens with zero attached hydrogens (tertiary/aromatic N) is 1. The van der Waals surface area contributed by atoms with Gasteiger partial charge in [-0.15, -0.1) is 11.3 Å². The van der Waals surface area contributed by atoms with E-state index in [0.29, 0.717) is 10.9 Å². The summed E-state index contributed by atoms with van der Waals surface area (Å²) < 4.78 is 28.0. The summed E-state index contributed by atoms with van der Waals surface area (Å²) in [6, 6.07) is 20.2. The van der Waals surface area contributed by atoms with Crippen LogP contribution in [0.5, 0.6) is 0 Å². The van der Waals surface area contributed by atoms with E-state index in [1.807, 2.05) is 42.5 Å². The number of alkyl halides is 2. The summed E-state index contributed by atoms with van der Waals surface area (Å²) in [6.07, 6.45) is -2.72. The van der Waals surface area contributed by atoms with Gasteiger partial charge in [0, 0.05) is 20.3 Å². The summed E-state index contributed by atoms with van der Waals surface area (Å²) in [5, 5.41) is 21.7. The third-order valence-corrected chi connectivity index (χ3v) is 5.86. The molecule has 0 saturated heterocycles. The fourth-order valence-electron chi connectivity index (χ4n) is 3.34. The average Bonchev–Trinajstić information content (AvgIpc) is 3.16. The molecule has 1 atom stereocenters. The van der Waals surface area contributed by atoms with E-state index >= 15 is 0 Å². The Morgan fingerprint density at radius 2 is 1.71 bits per heavy atom. The molecule has 0 amide bonds. The van der Waals surface area contributed by atoms with E-state index in [-0.39, 0.29) is 4.88 Å². The predicted molar refractivity (Wildman–Crippen MR) is 105 cm³/mol. The highest BCUT2D eigenvalue weighted by molar-refractivity contribution is 7.19. The molecule has 6 heteroatoms. The van der Waals surface area contributed by atoms with E-state index in [1.165, 1.54) is 6.07 Å². The number of benzene rings is 3. The molecule has 0 radical (unpaired) electrons. The summed E-state index contributed by atoms with van der Waals surface area (Å²) in [5.41, 5.74) is 2.22. The summed E-state index contributed by atoms with van der Waals surface area (Å²) >= 11 is 1.03. The van der Waals surface area contributed by atoms with Gasteiger partial charge in [0.05, 0.1) is 11.6 Å². The number of hydrogen-bond donors (Lipinski definition) is 1. The molecule has 3 aromatic carbocycles. The number of aliphatic hydroxyl groups is 1. The number of rotatable bonds is 4. The van der Waals surface area contributed by atoms with Crippen LogP contribution in [-0.4, -0.2) is 17.3 Å². The molecule has 0 fully saturated rings. The van der Waals surface area contributed by atoms with E-state index in [1.54, 1.807) is 12.1 Å². The van der Waals surface area contributed by atoms with Crippen molar-refractivity contribution in [3.05, 3.63) is 71.1 Å². The molecule has 0 aliphatic carbocycles. The zero-order valence-corrected chi connectivity index (χ0v) is 15.2. The van der Waals surface area contributed by atoms with Crippen molar-refractivity contribution in [3.8, 4) is 17.2 Å². The first kappa shape index (κ1) is 18.2. The monoisotopic (exact) mass is 393 g/mol. The molecule has 4 rings (SSSR count). The number of thiophene rings is 1. The molecule has 1 aromatic heterocycles. The topological polar surface area (TPSA) is 61.1 Å². The molecule has 1 N–H and O–H groups in total. The van der Waals surface area contributed by atoms with E-state index in [0.717, 1.165) is 37.9 Å². The molecule has 0 bridgehead atoms. The van der Waals surface area contributed by atoms with Crippen LogP contribution in [0.2, 0.25) is 0 Å². The van der Waals surface area contributed by atoms with Crippen LogP contribution in [0, 0.1) is 11.3 Å². The summed E-state index contributed by atoms with van der Waals surface area (Å²) in [4.78, 5) is 10.6. The lowest BCUT2D eigenvalue weighted by Gasteiger charge is -2.14. The lowest BCUT2D eigenvalue weighted by atomic mass is 9.93. The largest absolute Gasteiger partial charge is 0.381 e. The summed E-state index contributed by atoms with van der Waals surface area (Å²) in [5.74, 6) is -3.85. The Bertz CT molecular complexity index is 1260. The molecule has 28 heavy (non-hydrogen) atoms. The quantitative estimate of drug-likeness (QED) is 0.468. The van der Waals surface area contributed by atoms with Gasteiger partial charge in [0.15, 0.2) is 12.4 Å². The van der Waals surface area contributed by atoms with E-state index in [2.05, 4.69) is 6.07 Å². The second-order valence-corrected chi connectivity index (χ2v) is 7.49. The Hall–Kier alpha value is -3.14. The van der Waals surface area contributed by atoms with E-state index in [9.17, 15) is 23.9 Å². The zero-order chi connectivity index (χ0) is 19.9. The van der Waals surface area contributed by atoms with E-state index in [4.69, 9.17) is 0 Å². The van der Waals surface area contributed by atoms with Gasteiger partial charge in [-0.2, -0.15) is 14.0 Å². The molecule has 0 aliphatic rings. The molecule has 3 nitrogen and oxygen atoms in total. The highest BCUT2D eigenvalue weighted by Crippen LogP contribution is 2.41. The third-order valence-electron chi connectivity index (χ3n) is 4.71. The summed E-state index contributed by atoms with van der Waals surface area (Å²) in [6.45, 7) is 0. The number of fused-ring (bicyclic) bond motifs is 2. The first-order chi connectivity index (χ1) is 13.5. The van der Waals surface area contributed by atoms with Gasteiger partial charge < -0.3 is 5.11 Å². The van der Waals surface area contributed by atoms with Crippen LogP contribution in [0.25, 0.3) is 32.0 Å². The van der Waals surface area contributed by atoms with Gasteiger partial charge in [0.2, 0.25) is 0 Å². The second kappa shape index (κ2) is 6.79. The van der Waals surface area contributed by atoms with Crippen molar-refractivity contribution in [2.24, 2.45) is 0 Å². The fourth-order valence-corrected chi connectivity index (χ4v) is 4.46. The second-order valence-electron chi connectivity index (χ2n) is 6.38. The molecule has 1 unspecified atom stereocenters. The van der Waals surface area contributed by atoms with Crippen molar-refractivity contribution in [1.82, 2.24) is 0 Å². The maximum absolute atomic E-state index is 13.6. The smallest absolute Gasteiger partial charge is 0.332 e. The lowest BCUT2D eigenvalue weighted by Crippen LogP contribution is -2.27. The summed E-state index contributed by atoms with van der Waals surface area (Å²) in [7, 11) is 0. The third kappa shape index (κ3) is 2.85. The van der Waals surface area contributed by atoms with Gasteiger partial charge in [-0.05, 0) is 34.7 Å². The molecule has 138 valence electrons. The van der Waals surface area contributed by atoms with Crippen LogP contribution < -0.4 is 0 Å². The fraction of sp³-hybridized carbons (Fsp3) is 0.0909. The van der Waals surface area contributed by atoms with Crippen molar-refractivity contribution in [1.29, 1.82) is 5.26 Å². The normalized spacial score (nSPS) is 12.8. The van der Waals surface area contributed by atoms with Gasteiger partial charge >= 0.3 is 5.92 Å². The first-order valence-electron chi connectivity index (χ1n) is 8.43. The Balaban J connectivity index is 1.95. The predicted octanol–water partition coefficient (Wildman–Crippen LogP) is 5.46. The molecule has 0 spiro atoms. The maximum atomic E-state index is 13.6. The first-order valence-corrected chi connectivity index (χ1v) is 9.25. The SMILES string of the molecule is N#Cc1ccc(-c2cccc3sc(C(O)C(F)(F)C=O)cc23)c2ccccc12. The Morgan fingerprint density at radius 3 is 2.43 bits per heavy atom. The van der Waals surface area contributed by atoms with Gasteiger partial charge in [0.1, 0.15) is 0 Å². The Kier molecular flexibility index (Phi) is 4.42. The zero-order valence-electron chi connectivity index (χ0n) is 14.4. The van der Waals surface area contributed by atoms with Crippen molar-refractivity contribution in [2.45, 2.75) is 12.0 Å². The minimum atomic E-state index is -3.85. The number of carbonyl (C=O) groups is 1. The van der Waals surface area contributed by atoms with E-state index < -0.39 is 18.3 Å². The van der Waals surface area contributed by atoms with Crippen molar-refractivity contribution < 1.29 is 18.7 Å². The van der Waals surface area contributed by atoms with Crippen LogP contribution in [0.15, 0.2) is 60.7 Å². The Morgan fingerprint density at radius 1 is 1.00 bits per heavy atom. The number of hydrogen-bond acceptors (Lipinski definition) is 4. The lowest BCUT2D eigenvalue weighted by molar-refractivity contribution is -0.147. The van der Waals surface area contributed by atoms with Gasteiger partial charge in [-0.25, -0.2) is 0 Å². The minimum Gasteiger partial charge on any atom is -0.381 e. The van der Waals surface area contributed by atoms with Crippen molar-refractivity contribution >= 4 is 38.5 Å². The van der Waals surface area contributed by atoms with Gasteiger partial charge in [-0.1, -0.05) is 42.5 Å². The van der Waals surface area contributed by atoms with Gasteiger partial charge in [0.25, 0.3) is 0 Å². The highest BCUT2D eigenvalue weighted by Gasteiger charge is 2.40. The maximum Gasteiger partial charge on any atom is 0.332 e. The van der Waals surface area contributed by atoms with Gasteiger partial charge in [-0.3, -0.25) is 4.79 Å². The molecule has 4 aromatic rings. The van der Waals surface area contributed by atoms with Crippen LogP contribution in [0.4, 0.5) is 8.78 Å². The van der Waals surface area contributed by atoms with Crippen LogP contribution >= 0.6 is 11.3 Å². The molecular formula is C22H13F2NO2S. The minimum absolute atomic E-state index is 0.0255. The highest BCUT2D eigenvalue weighted by atomic mass is 32.1. The van der Waals surface area contributed by atoms with Crippen LogP contribution in [0.3, 0.4) is 0 Å². The molecule has 1 heterocycles. The molecular weight excluding hydrogens is 380 g/mol. The standard InChI is InChI=1S/C22H13F2NO2S/c23-22(24,12-26)21(27)20-10-18-16(6-3-7-19(18)28-20)17-9-8-13(11-25)14-4-1-2-5-15(14)17/h1-10,12,21,27H. The Labute approximate surface area is 163 Å². The number of halogens is 2. The van der Waals surface area contributed by atoms with Crippen LogP contribution in [0.1, 0.15) is 16.5 Å². The molecule has 0 saturated carbocycles. The van der Waals surface area contributed by atoms with Crippen molar-refractivity contribution in [3.63, 3.8) is 0 Å². The average molecular weight is 393 g/mol. The number of nitriles is 1. The number of aliphatic hydroxyl groups excluding tert-OH is 1. The number of carbonyl (C=O) groups excluding carboxylic acids is 1. The number of aldehydes is 1. The molecule has 0 aliphatic heterocycles. The van der Waals surface area contributed by atoms with Crippen molar-refractivity contribution in [2.75, 3.05) is 0 Å². The van der Waals surface area contributed by atoms with Crippen LogP contribution in [-0.2, 0) is 4.79 Å².